The van der Waals surface area contributed by atoms with Crippen molar-refractivity contribution >= 4 is 43.0 Å². The lowest BCUT2D eigenvalue weighted by Gasteiger charge is -2.14. The van der Waals surface area contributed by atoms with Crippen LogP contribution in [-0.4, -0.2) is 15.0 Å². The molecule has 53 heavy (non-hydrogen) atoms. The number of nitrogens with zero attached hydrogens (tertiary/aromatic N) is 3. The zero-order valence-corrected chi connectivity index (χ0v) is 29.5. The molecule has 2 aromatic heterocycles. The van der Waals surface area contributed by atoms with Gasteiger partial charge in [-0.1, -0.05) is 158 Å². The molecule has 0 bridgehead atoms. The molecule has 0 aliphatic heterocycles. The van der Waals surface area contributed by atoms with Crippen molar-refractivity contribution in [2.24, 2.45) is 0 Å². The van der Waals surface area contributed by atoms with Gasteiger partial charge in [-0.25, -0.2) is 15.0 Å². The fraction of sp³-hybridized carbons (Fsp3) is 0. The lowest BCUT2D eigenvalue weighted by molar-refractivity contribution is 1.08. The zero-order valence-electron chi connectivity index (χ0n) is 28.6. The third kappa shape index (κ3) is 5.76. The Morgan fingerprint density at radius 3 is 1.49 bits per heavy atom. The first kappa shape index (κ1) is 31.0. The molecule has 3 nitrogen and oxygen atoms in total. The van der Waals surface area contributed by atoms with Gasteiger partial charge in [0.25, 0.3) is 0 Å². The van der Waals surface area contributed by atoms with Crippen molar-refractivity contribution in [2.45, 2.75) is 0 Å². The molecule has 0 N–H and O–H groups in total. The Hall–Kier alpha value is -6.75. The summed E-state index contributed by atoms with van der Waals surface area (Å²) in [5.74, 6) is 1.93. The van der Waals surface area contributed by atoms with Crippen LogP contribution in [0.1, 0.15) is 0 Å². The van der Waals surface area contributed by atoms with E-state index in [-0.39, 0.29) is 0 Å². The molecule has 0 fully saturated rings. The highest BCUT2D eigenvalue weighted by molar-refractivity contribution is 7.17. The molecule has 8 aromatic carbocycles. The number of fused-ring (bicyclic) bond motifs is 3. The van der Waals surface area contributed by atoms with Crippen LogP contribution >= 0.6 is 11.3 Å². The van der Waals surface area contributed by atoms with E-state index in [9.17, 15) is 0 Å². The summed E-state index contributed by atoms with van der Waals surface area (Å²) in [6, 6.07) is 64.5. The molecule has 2 heterocycles. The van der Waals surface area contributed by atoms with E-state index in [0.717, 1.165) is 27.6 Å². The summed E-state index contributed by atoms with van der Waals surface area (Å²) in [5, 5.41) is 8.10. The average molecular weight is 694 g/mol. The molecule has 0 atom stereocenters. The summed E-state index contributed by atoms with van der Waals surface area (Å²) in [7, 11) is 0. The van der Waals surface area contributed by atoms with Crippen LogP contribution < -0.4 is 0 Å². The standard InChI is InChI=1S/C49H31N3S/c1-3-11-32(12-4-1)40-20-10-15-34-21-23-38(30-45(34)40)48-50-47(51-49(52-48)39-24-22-35-27-28-53-46(35)31-39)37-17-9-16-36(29-37)42-26-25-41(33-13-5-2-6-14-33)43-18-7-8-19-44(42)43/h1-31H. The highest BCUT2D eigenvalue weighted by Gasteiger charge is 2.16. The van der Waals surface area contributed by atoms with Crippen molar-refractivity contribution in [3.63, 3.8) is 0 Å². The highest BCUT2D eigenvalue weighted by atomic mass is 32.1. The SMILES string of the molecule is c1ccc(-c2cccc3ccc(-c4nc(-c5cccc(-c6ccc(-c7ccccc7)c7ccccc67)c5)nc(-c5ccc6ccsc6c5)n4)cc23)cc1. The second kappa shape index (κ2) is 13.1. The quantitative estimate of drug-likeness (QED) is 0.174. The van der Waals surface area contributed by atoms with Crippen LogP contribution in [0.5, 0.6) is 0 Å². The Labute approximate surface area is 311 Å². The monoisotopic (exact) mass is 693 g/mol. The molecule has 10 aromatic rings. The summed E-state index contributed by atoms with van der Waals surface area (Å²) in [4.78, 5) is 15.5. The smallest absolute Gasteiger partial charge is 0.164 e. The van der Waals surface area contributed by atoms with E-state index in [1.807, 2.05) is 0 Å². The van der Waals surface area contributed by atoms with Gasteiger partial charge in [0.15, 0.2) is 17.5 Å². The molecule has 0 amide bonds. The first-order valence-electron chi connectivity index (χ1n) is 17.8. The van der Waals surface area contributed by atoms with Gasteiger partial charge in [0.05, 0.1) is 0 Å². The second-order valence-corrected chi connectivity index (χ2v) is 14.2. The minimum atomic E-state index is 0.639. The fourth-order valence-corrected chi connectivity index (χ4v) is 8.21. The number of thiophene rings is 1. The first-order valence-corrected chi connectivity index (χ1v) is 18.6. The van der Waals surface area contributed by atoms with Gasteiger partial charge >= 0.3 is 0 Å². The fourth-order valence-electron chi connectivity index (χ4n) is 7.38. The maximum atomic E-state index is 5.19. The van der Waals surface area contributed by atoms with E-state index in [0.29, 0.717) is 17.5 Å². The molecule has 0 radical (unpaired) electrons. The van der Waals surface area contributed by atoms with Crippen LogP contribution in [0.25, 0.3) is 99.2 Å². The molecule has 10 rings (SSSR count). The molecular weight excluding hydrogens is 663 g/mol. The maximum Gasteiger partial charge on any atom is 0.164 e. The van der Waals surface area contributed by atoms with Gasteiger partial charge in [0.2, 0.25) is 0 Å². The van der Waals surface area contributed by atoms with Gasteiger partial charge < -0.3 is 0 Å². The number of hydrogen-bond acceptors (Lipinski definition) is 4. The van der Waals surface area contributed by atoms with Crippen LogP contribution in [0.4, 0.5) is 0 Å². The lowest BCUT2D eigenvalue weighted by atomic mass is 9.91. The second-order valence-electron chi connectivity index (χ2n) is 13.2. The van der Waals surface area contributed by atoms with Crippen molar-refractivity contribution in [1.82, 2.24) is 15.0 Å². The van der Waals surface area contributed by atoms with Gasteiger partial charge in [0.1, 0.15) is 0 Å². The van der Waals surface area contributed by atoms with E-state index in [2.05, 4.69) is 187 Å². The van der Waals surface area contributed by atoms with E-state index in [1.165, 1.54) is 54.1 Å². The van der Waals surface area contributed by atoms with Crippen molar-refractivity contribution in [3.05, 3.63) is 187 Å². The van der Waals surface area contributed by atoms with Crippen LogP contribution in [0.3, 0.4) is 0 Å². The normalized spacial score (nSPS) is 11.4. The van der Waals surface area contributed by atoms with Crippen LogP contribution in [0, 0.1) is 0 Å². The summed E-state index contributed by atoms with van der Waals surface area (Å²) in [6.07, 6.45) is 0. The number of rotatable bonds is 6. The van der Waals surface area contributed by atoms with Gasteiger partial charge in [-0.2, -0.15) is 0 Å². The van der Waals surface area contributed by atoms with Crippen molar-refractivity contribution in [1.29, 1.82) is 0 Å². The summed E-state index contributed by atoms with van der Waals surface area (Å²) < 4.78 is 1.21. The van der Waals surface area contributed by atoms with Gasteiger partial charge in [-0.05, 0) is 90.0 Å². The molecule has 0 unspecified atom stereocenters. The lowest BCUT2D eigenvalue weighted by Crippen LogP contribution is -2.00. The number of aromatic nitrogens is 3. The average Bonchev–Trinajstić information content (AvgIpc) is 3.72. The van der Waals surface area contributed by atoms with Crippen LogP contribution in [-0.2, 0) is 0 Å². The zero-order chi connectivity index (χ0) is 35.1. The van der Waals surface area contributed by atoms with E-state index in [4.69, 9.17) is 15.0 Å². The topological polar surface area (TPSA) is 38.7 Å². The molecule has 0 aliphatic rings. The van der Waals surface area contributed by atoms with Gasteiger partial charge in [-0.3, -0.25) is 0 Å². The Morgan fingerprint density at radius 1 is 0.302 bits per heavy atom. The molecule has 248 valence electrons. The molecule has 0 saturated carbocycles. The van der Waals surface area contributed by atoms with Crippen molar-refractivity contribution in [3.8, 4) is 67.5 Å². The molecular formula is C49H31N3S. The minimum Gasteiger partial charge on any atom is -0.208 e. The minimum absolute atomic E-state index is 0.639. The summed E-state index contributed by atoms with van der Waals surface area (Å²) in [6.45, 7) is 0. The van der Waals surface area contributed by atoms with Crippen LogP contribution in [0.15, 0.2) is 187 Å². The molecule has 0 spiro atoms. The van der Waals surface area contributed by atoms with E-state index < -0.39 is 0 Å². The highest BCUT2D eigenvalue weighted by Crippen LogP contribution is 2.38. The number of hydrogen-bond donors (Lipinski definition) is 0. The maximum absolute atomic E-state index is 5.19. The number of benzene rings is 8. The van der Waals surface area contributed by atoms with Crippen molar-refractivity contribution in [2.75, 3.05) is 0 Å². The summed E-state index contributed by atoms with van der Waals surface area (Å²) in [5.41, 5.74) is 9.92. The first-order chi connectivity index (χ1) is 26.2. The molecule has 4 heteroatoms. The molecule has 0 saturated heterocycles. The van der Waals surface area contributed by atoms with Gasteiger partial charge in [-0.15, -0.1) is 11.3 Å². The Balaban J connectivity index is 1.14. The van der Waals surface area contributed by atoms with Gasteiger partial charge in [0, 0.05) is 21.4 Å². The van der Waals surface area contributed by atoms with E-state index >= 15 is 0 Å². The van der Waals surface area contributed by atoms with Crippen LogP contribution in [0.2, 0.25) is 0 Å². The third-order valence-electron chi connectivity index (χ3n) is 10.0. The summed E-state index contributed by atoms with van der Waals surface area (Å²) >= 11 is 1.73. The molecule has 0 aliphatic carbocycles. The predicted molar refractivity (Wildman–Crippen MR) is 223 cm³/mol. The Bertz CT molecular complexity index is 2950. The largest absolute Gasteiger partial charge is 0.208 e. The Kier molecular flexibility index (Phi) is 7.67. The third-order valence-corrected chi connectivity index (χ3v) is 10.9. The predicted octanol–water partition coefficient (Wildman–Crippen LogP) is 13.4. The Morgan fingerprint density at radius 2 is 0.811 bits per heavy atom. The van der Waals surface area contributed by atoms with Crippen molar-refractivity contribution < 1.29 is 0 Å². The van der Waals surface area contributed by atoms with E-state index in [1.54, 1.807) is 11.3 Å².